The second kappa shape index (κ2) is 9.12. The highest BCUT2D eigenvalue weighted by molar-refractivity contribution is 8.74. The molecule has 0 N–H and O–H groups in total. The van der Waals surface area contributed by atoms with Gasteiger partial charge in [-0.15, -0.1) is 0 Å². The minimum Gasteiger partial charge on any atom is -0.300 e. The van der Waals surface area contributed by atoms with Gasteiger partial charge in [0.15, 0.2) is 0 Å². The van der Waals surface area contributed by atoms with Crippen molar-refractivity contribution < 1.29 is 9.59 Å². The molecule has 4 nitrogen and oxygen atoms in total. The SMILES string of the molecule is CC1(C)CC(=O)CC(C)(c2ccccc2)N1SSN1C(C)(C)CC(=O)CC1(C)c1ccccc1. The van der Waals surface area contributed by atoms with E-state index in [4.69, 9.17) is 0 Å². The molecule has 2 heterocycles. The van der Waals surface area contributed by atoms with Crippen LogP contribution in [0.25, 0.3) is 0 Å². The number of piperidine rings is 2. The first-order chi connectivity index (χ1) is 15.9. The van der Waals surface area contributed by atoms with Gasteiger partial charge in [0.2, 0.25) is 0 Å². The predicted octanol–water partition coefficient (Wildman–Crippen LogP) is 6.92. The molecule has 0 bridgehead atoms. The smallest absolute Gasteiger partial charge is 0.136 e. The quantitative estimate of drug-likeness (QED) is 0.331. The van der Waals surface area contributed by atoms with Gasteiger partial charge < -0.3 is 0 Å². The van der Waals surface area contributed by atoms with E-state index in [0.717, 1.165) is 11.1 Å². The summed E-state index contributed by atoms with van der Waals surface area (Å²) in [6, 6.07) is 20.8. The zero-order valence-corrected chi connectivity index (χ0v) is 22.8. The third kappa shape index (κ3) is 4.62. The van der Waals surface area contributed by atoms with Gasteiger partial charge in [0.05, 0.1) is 11.1 Å². The van der Waals surface area contributed by atoms with Crippen molar-refractivity contribution in [3.8, 4) is 0 Å². The third-order valence-corrected chi connectivity index (χ3v) is 10.6. The molecule has 2 aromatic carbocycles. The Kier molecular flexibility index (Phi) is 6.84. The molecule has 4 rings (SSSR count). The van der Waals surface area contributed by atoms with Crippen LogP contribution in [0.3, 0.4) is 0 Å². The number of hydrogen-bond donors (Lipinski definition) is 0. The van der Waals surface area contributed by atoms with E-state index in [0.29, 0.717) is 37.2 Å². The van der Waals surface area contributed by atoms with Crippen molar-refractivity contribution in [3.63, 3.8) is 0 Å². The molecule has 0 aliphatic carbocycles. The Bertz CT molecular complexity index is 971. The normalized spacial score (nSPS) is 29.8. The van der Waals surface area contributed by atoms with E-state index < -0.39 is 11.1 Å². The molecule has 0 saturated carbocycles. The molecule has 2 aromatic rings. The number of hydrogen-bond acceptors (Lipinski definition) is 6. The molecule has 2 saturated heterocycles. The van der Waals surface area contributed by atoms with Gasteiger partial charge in [-0.1, -0.05) is 60.7 Å². The molecule has 2 atom stereocenters. The topological polar surface area (TPSA) is 40.6 Å². The maximum absolute atomic E-state index is 12.9. The molecule has 0 aromatic heterocycles. The predicted molar refractivity (Wildman–Crippen MR) is 143 cm³/mol. The molecule has 2 unspecified atom stereocenters. The van der Waals surface area contributed by atoms with Gasteiger partial charge in [-0.2, -0.15) is 0 Å². The fourth-order valence-electron chi connectivity index (χ4n) is 5.95. The summed E-state index contributed by atoms with van der Waals surface area (Å²) in [5.41, 5.74) is 0.853. The summed E-state index contributed by atoms with van der Waals surface area (Å²) in [6.07, 6.45) is 2.04. The largest absolute Gasteiger partial charge is 0.300 e. The van der Waals surface area contributed by atoms with Crippen LogP contribution in [-0.4, -0.2) is 31.3 Å². The first-order valence-corrected chi connectivity index (χ1v) is 14.0. The van der Waals surface area contributed by atoms with Crippen LogP contribution in [0, 0.1) is 0 Å². The molecule has 182 valence electrons. The van der Waals surface area contributed by atoms with Crippen molar-refractivity contribution in [2.75, 3.05) is 0 Å². The highest BCUT2D eigenvalue weighted by Gasteiger charge is 2.53. The van der Waals surface area contributed by atoms with E-state index in [-0.39, 0.29) is 11.1 Å². The second-order valence-electron chi connectivity index (χ2n) is 11.4. The fourth-order valence-corrected chi connectivity index (χ4v) is 9.88. The van der Waals surface area contributed by atoms with Crippen molar-refractivity contribution in [1.29, 1.82) is 0 Å². The highest BCUT2D eigenvalue weighted by atomic mass is 33.1. The molecule has 2 aliphatic rings. The monoisotopic (exact) mass is 496 g/mol. The first-order valence-electron chi connectivity index (χ1n) is 12.0. The first kappa shape index (κ1) is 25.5. The zero-order valence-electron chi connectivity index (χ0n) is 21.1. The van der Waals surface area contributed by atoms with Crippen LogP contribution in [0.1, 0.15) is 78.4 Å². The minimum atomic E-state index is -0.420. The molecule has 0 spiro atoms. The maximum Gasteiger partial charge on any atom is 0.136 e. The van der Waals surface area contributed by atoms with E-state index in [2.05, 4.69) is 98.7 Å². The number of carbonyl (C=O) groups is 2. The lowest BCUT2D eigenvalue weighted by atomic mass is 9.77. The summed E-state index contributed by atoms with van der Waals surface area (Å²) < 4.78 is 4.86. The second-order valence-corrected chi connectivity index (χ2v) is 13.3. The van der Waals surface area contributed by atoms with Crippen LogP contribution < -0.4 is 0 Å². The summed E-state index contributed by atoms with van der Waals surface area (Å²) >= 11 is 0. The standard InChI is InChI=1S/C28H36N2O2S2/c1-25(2)17-23(31)19-27(5,21-13-9-7-10-14-21)29(25)33-34-30-26(3,4)18-24(32)20-28(30,6)22-15-11-8-12-16-22/h7-16H,17-20H2,1-6H3. The number of nitrogens with zero attached hydrogens (tertiary/aromatic N) is 2. The van der Waals surface area contributed by atoms with Crippen LogP contribution in [0.15, 0.2) is 60.7 Å². The number of rotatable bonds is 5. The van der Waals surface area contributed by atoms with Gasteiger partial charge in [-0.25, -0.2) is 8.61 Å². The van der Waals surface area contributed by atoms with Crippen LogP contribution in [-0.2, 0) is 20.7 Å². The van der Waals surface area contributed by atoms with Gasteiger partial charge in [0.1, 0.15) is 11.6 Å². The Morgan fingerprint density at radius 2 is 0.882 bits per heavy atom. The van der Waals surface area contributed by atoms with Crippen LogP contribution in [0.5, 0.6) is 0 Å². The molecular weight excluding hydrogens is 460 g/mol. The Hall–Kier alpha value is -1.60. The van der Waals surface area contributed by atoms with Crippen molar-refractivity contribution in [3.05, 3.63) is 71.8 Å². The third-order valence-electron chi connectivity index (χ3n) is 7.31. The number of Topliss-reactive ketones (excluding diaryl/α,β-unsaturated/α-hetero) is 2. The summed E-state index contributed by atoms with van der Waals surface area (Å²) in [5, 5.41) is 0. The molecule has 2 aliphatic heterocycles. The Morgan fingerprint density at radius 1 is 0.559 bits per heavy atom. The van der Waals surface area contributed by atoms with Crippen molar-refractivity contribution in [1.82, 2.24) is 8.61 Å². The highest BCUT2D eigenvalue weighted by Crippen LogP contribution is 2.56. The minimum absolute atomic E-state index is 0.302. The molecule has 0 radical (unpaired) electrons. The molecule has 0 amide bonds. The van der Waals surface area contributed by atoms with Crippen LogP contribution >= 0.6 is 22.0 Å². The Balaban J connectivity index is 1.71. The summed E-state index contributed by atoms with van der Waals surface area (Å²) in [5.74, 6) is 0.604. The lowest BCUT2D eigenvalue weighted by Gasteiger charge is -2.55. The van der Waals surface area contributed by atoms with Crippen molar-refractivity contribution >= 4 is 33.5 Å². The number of ketones is 2. The fraction of sp³-hybridized carbons (Fsp3) is 0.500. The Labute approximate surface area is 212 Å². The molecular formula is C28H36N2O2S2. The van der Waals surface area contributed by atoms with Gasteiger partial charge in [-0.3, -0.25) is 9.59 Å². The molecule has 34 heavy (non-hydrogen) atoms. The van der Waals surface area contributed by atoms with E-state index in [1.54, 1.807) is 22.0 Å². The summed E-state index contributed by atoms with van der Waals surface area (Å²) in [6.45, 7) is 13.0. The van der Waals surface area contributed by atoms with Gasteiger partial charge in [0.25, 0.3) is 0 Å². The van der Waals surface area contributed by atoms with E-state index in [1.807, 2.05) is 12.1 Å². The lowest BCUT2D eigenvalue weighted by Crippen LogP contribution is -2.59. The summed E-state index contributed by atoms with van der Waals surface area (Å²) in [4.78, 5) is 25.7. The van der Waals surface area contributed by atoms with Crippen molar-refractivity contribution in [2.24, 2.45) is 0 Å². The maximum atomic E-state index is 12.9. The van der Waals surface area contributed by atoms with E-state index in [1.165, 1.54) is 0 Å². The van der Waals surface area contributed by atoms with Crippen LogP contribution in [0.2, 0.25) is 0 Å². The molecule has 2 fully saturated rings. The van der Waals surface area contributed by atoms with Gasteiger partial charge in [-0.05, 0) is 52.7 Å². The molecule has 6 heteroatoms. The van der Waals surface area contributed by atoms with Gasteiger partial charge >= 0.3 is 0 Å². The van der Waals surface area contributed by atoms with Crippen LogP contribution in [0.4, 0.5) is 0 Å². The lowest BCUT2D eigenvalue weighted by molar-refractivity contribution is -0.129. The van der Waals surface area contributed by atoms with Crippen molar-refractivity contribution in [2.45, 2.75) is 89.4 Å². The Morgan fingerprint density at radius 3 is 1.21 bits per heavy atom. The number of benzene rings is 2. The zero-order chi connectivity index (χ0) is 24.8. The van der Waals surface area contributed by atoms with Gasteiger partial charge in [0, 0.05) is 58.7 Å². The average molecular weight is 497 g/mol. The number of carbonyl (C=O) groups excluding carboxylic acids is 2. The van der Waals surface area contributed by atoms with E-state index >= 15 is 0 Å². The average Bonchev–Trinajstić information content (AvgIpc) is 2.75. The summed E-state index contributed by atoms with van der Waals surface area (Å²) in [7, 11) is 3.46. The van der Waals surface area contributed by atoms with E-state index in [9.17, 15) is 9.59 Å².